The predicted molar refractivity (Wildman–Crippen MR) is 56.5 cm³/mol. The molecule has 2 atom stereocenters. The topological polar surface area (TPSA) is 64.8 Å². The largest absolute Gasteiger partial charge is 0.465 e. The van der Waals surface area contributed by atoms with Crippen molar-refractivity contribution in [1.82, 2.24) is 4.90 Å². The van der Waals surface area contributed by atoms with Crippen LogP contribution >= 0.6 is 0 Å². The Hall–Kier alpha value is -0.650. The summed E-state index contributed by atoms with van der Waals surface area (Å²) >= 11 is 0. The molecule has 1 fully saturated rings. The number of carbonyl (C=O) groups is 1. The summed E-state index contributed by atoms with van der Waals surface area (Å²) in [5, 5.41) is 0. The van der Waals surface area contributed by atoms with Crippen molar-refractivity contribution in [2.75, 3.05) is 32.9 Å². The maximum Gasteiger partial charge on any atom is 0.324 e. The van der Waals surface area contributed by atoms with Crippen LogP contribution < -0.4 is 5.73 Å². The van der Waals surface area contributed by atoms with Crippen molar-refractivity contribution in [3.05, 3.63) is 0 Å². The summed E-state index contributed by atoms with van der Waals surface area (Å²) in [6.45, 7) is 7.01. The average molecular weight is 216 g/mol. The van der Waals surface area contributed by atoms with Crippen molar-refractivity contribution in [2.24, 2.45) is 5.73 Å². The molecule has 0 bridgehead atoms. The number of ether oxygens (including phenoxy) is 2. The van der Waals surface area contributed by atoms with Gasteiger partial charge in [0.15, 0.2) is 0 Å². The Balaban J connectivity index is 2.35. The van der Waals surface area contributed by atoms with Crippen LogP contribution in [0.5, 0.6) is 0 Å². The van der Waals surface area contributed by atoms with Gasteiger partial charge in [0.2, 0.25) is 0 Å². The Bertz CT molecular complexity index is 211. The summed E-state index contributed by atoms with van der Waals surface area (Å²) in [6, 6.07) is -0.232. The van der Waals surface area contributed by atoms with Crippen LogP contribution in [0.1, 0.15) is 13.8 Å². The lowest BCUT2D eigenvalue weighted by molar-refractivity contribution is -0.145. The van der Waals surface area contributed by atoms with Crippen LogP contribution in [0.3, 0.4) is 0 Å². The maximum atomic E-state index is 11.3. The number of nitrogens with two attached hydrogens (primary N) is 1. The van der Waals surface area contributed by atoms with E-state index in [1.54, 1.807) is 6.92 Å². The minimum Gasteiger partial charge on any atom is -0.465 e. The first kappa shape index (κ1) is 12.4. The highest BCUT2D eigenvalue weighted by Crippen LogP contribution is 2.06. The second-order valence-electron chi connectivity index (χ2n) is 3.78. The van der Waals surface area contributed by atoms with Gasteiger partial charge in [0.1, 0.15) is 6.04 Å². The molecule has 0 saturated carbocycles. The number of nitrogens with zero attached hydrogens (tertiary/aromatic N) is 1. The summed E-state index contributed by atoms with van der Waals surface area (Å²) in [5.41, 5.74) is 5.74. The number of carbonyl (C=O) groups excluding carboxylic acids is 1. The van der Waals surface area contributed by atoms with Crippen LogP contribution in [0.2, 0.25) is 0 Å². The molecule has 5 heteroatoms. The van der Waals surface area contributed by atoms with Gasteiger partial charge in [0.05, 0.1) is 19.8 Å². The molecule has 1 aliphatic heterocycles. The molecule has 0 aromatic rings. The quantitative estimate of drug-likeness (QED) is 0.648. The lowest BCUT2D eigenvalue weighted by Crippen LogP contribution is -2.51. The highest BCUT2D eigenvalue weighted by Gasteiger charge is 2.24. The maximum absolute atomic E-state index is 11.3. The molecule has 1 saturated heterocycles. The third-order valence-electron chi connectivity index (χ3n) is 2.53. The van der Waals surface area contributed by atoms with E-state index >= 15 is 0 Å². The lowest BCUT2D eigenvalue weighted by atomic mass is 10.2. The highest BCUT2D eigenvalue weighted by molar-refractivity contribution is 5.75. The lowest BCUT2D eigenvalue weighted by Gasteiger charge is -2.34. The van der Waals surface area contributed by atoms with Crippen LogP contribution in [0, 0.1) is 0 Å². The zero-order valence-electron chi connectivity index (χ0n) is 9.44. The smallest absolute Gasteiger partial charge is 0.324 e. The molecule has 0 spiro atoms. The van der Waals surface area contributed by atoms with Crippen molar-refractivity contribution < 1.29 is 14.3 Å². The van der Waals surface area contributed by atoms with E-state index in [4.69, 9.17) is 15.2 Å². The van der Waals surface area contributed by atoms with Gasteiger partial charge in [-0.15, -0.1) is 0 Å². The molecule has 5 nitrogen and oxygen atoms in total. The fraction of sp³-hybridized carbons (Fsp3) is 0.900. The van der Waals surface area contributed by atoms with Crippen LogP contribution in [0.4, 0.5) is 0 Å². The van der Waals surface area contributed by atoms with Gasteiger partial charge < -0.3 is 15.2 Å². The van der Waals surface area contributed by atoms with Gasteiger partial charge in [-0.05, 0) is 13.8 Å². The predicted octanol–water partition coefficient (Wildman–Crippen LogP) is -0.402. The van der Waals surface area contributed by atoms with Crippen molar-refractivity contribution in [3.63, 3.8) is 0 Å². The minimum absolute atomic E-state index is 0.319. The molecule has 0 aromatic carbocycles. The zero-order chi connectivity index (χ0) is 11.3. The summed E-state index contributed by atoms with van der Waals surface area (Å²) in [4.78, 5) is 13.5. The molecule has 0 aliphatic carbocycles. The van der Waals surface area contributed by atoms with E-state index in [1.807, 2.05) is 0 Å². The van der Waals surface area contributed by atoms with Gasteiger partial charge in [-0.1, -0.05) is 0 Å². The van der Waals surface area contributed by atoms with E-state index in [9.17, 15) is 4.79 Å². The van der Waals surface area contributed by atoms with Crippen molar-refractivity contribution >= 4 is 5.97 Å². The first-order valence-electron chi connectivity index (χ1n) is 5.39. The fourth-order valence-electron chi connectivity index (χ4n) is 1.61. The molecule has 0 aromatic heterocycles. The van der Waals surface area contributed by atoms with Gasteiger partial charge in [0, 0.05) is 19.1 Å². The molecule has 15 heavy (non-hydrogen) atoms. The van der Waals surface area contributed by atoms with Gasteiger partial charge in [-0.25, -0.2) is 0 Å². The second-order valence-corrected chi connectivity index (χ2v) is 3.78. The molecule has 2 unspecified atom stereocenters. The first-order valence-corrected chi connectivity index (χ1v) is 5.39. The molecular weight excluding hydrogens is 196 g/mol. The Morgan fingerprint density at radius 2 is 2.47 bits per heavy atom. The van der Waals surface area contributed by atoms with Crippen molar-refractivity contribution in [1.29, 1.82) is 0 Å². The van der Waals surface area contributed by atoms with Gasteiger partial charge >= 0.3 is 5.97 Å². The highest BCUT2D eigenvalue weighted by atomic mass is 16.5. The SMILES string of the molecule is CCOC(=O)C(N)CN1CCOCC1C. The number of hydrogen-bond donors (Lipinski definition) is 1. The minimum atomic E-state index is -0.550. The van der Waals surface area contributed by atoms with Gasteiger partial charge in [0.25, 0.3) is 0 Å². The summed E-state index contributed by atoms with van der Waals surface area (Å²) < 4.78 is 10.2. The number of morpholine rings is 1. The Morgan fingerprint density at radius 1 is 1.73 bits per heavy atom. The van der Waals surface area contributed by atoms with E-state index < -0.39 is 6.04 Å². The first-order chi connectivity index (χ1) is 7.15. The van der Waals surface area contributed by atoms with Crippen LogP contribution in [-0.4, -0.2) is 55.9 Å². The van der Waals surface area contributed by atoms with Crippen molar-refractivity contribution in [3.8, 4) is 0 Å². The average Bonchev–Trinajstić information content (AvgIpc) is 2.21. The van der Waals surface area contributed by atoms with Crippen LogP contribution in [-0.2, 0) is 14.3 Å². The van der Waals surface area contributed by atoms with E-state index in [0.717, 1.165) is 6.54 Å². The van der Waals surface area contributed by atoms with E-state index in [0.29, 0.717) is 32.4 Å². The molecule has 0 amide bonds. The normalized spacial score (nSPS) is 24.9. The zero-order valence-corrected chi connectivity index (χ0v) is 9.44. The molecule has 0 radical (unpaired) electrons. The van der Waals surface area contributed by atoms with Crippen molar-refractivity contribution in [2.45, 2.75) is 25.9 Å². The third kappa shape index (κ3) is 3.77. The van der Waals surface area contributed by atoms with E-state index in [2.05, 4.69) is 11.8 Å². The fourth-order valence-corrected chi connectivity index (χ4v) is 1.61. The Morgan fingerprint density at radius 3 is 3.07 bits per heavy atom. The molecular formula is C10H20N2O3. The van der Waals surface area contributed by atoms with Crippen LogP contribution in [0.15, 0.2) is 0 Å². The summed E-state index contributed by atoms with van der Waals surface area (Å²) in [6.07, 6.45) is 0. The van der Waals surface area contributed by atoms with E-state index in [-0.39, 0.29) is 5.97 Å². The molecule has 2 N–H and O–H groups in total. The summed E-state index contributed by atoms with van der Waals surface area (Å²) in [5.74, 6) is -0.323. The van der Waals surface area contributed by atoms with Gasteiger partial charge in [-0.3, -0.25) is 9.69 Å². The van der Waals surface area contributed by atoms with E-state index in [1.165, 1.54) is 0 Å². The summed E-state index contributed by atoms with van der Waals surface area (Å²) in [7, 11) is 0. The molecule has 1 rings (SSSR count). The number of rotatable bonds is 4. The van der Waals surface area contributed by atoms with Crippen LogP contribution in [0.25, 0.3) is 0 Å². The molecule has 1 heterocycles. The van der Waals surface area contributed by atoms with Gasteiger partial charge in [-0.2, -0.15) is 0 Å². The Labute approximate surface area is 90.5 Å². The Kier molecular flexibility index (Phi) is 5.01. The number of hydrogen-bond acceptors (Lipinski definition) is 5. The molecule has 1 aliphatic rings. The second kappa shape index (κ2) is 6.05. The monoisotopic (exact) mass is 216 g/mol. The number of esters is 1. The third-order valence-corrected chi connectivity index (χ3v) is 2.53. The molecule has 88 valence electrons. The standard InChI is InChI=1S/C10H20N2O3/c1-3-15-10(13)9(11)6-12-4-5-14-7-8(12)2/h8-9H,3-7,11H2,1-2H3.